The van der Waals surface area contributed by atoms with Crippen LogP contribution in [0, 0.1) is 11.8 Å². The van der Waals surface area contributed by atoms with E-state index in [0.29, 0.717) is 0 Å². The summed E-state index contributed by atoms with van der Waals surface area (Å²) in [7, 11) is 0. The first kappa shape index (κ1) is 12.3. The van der Waals surface area contributed by atoms with Gasteiger partial charge in [0.1, 0.15) is 0 Å². The molecule has 0 aromatic carbocycles. The van der Waals surface area contributed by atoms with Crippen LogP contribution in [0.25, 0.3) is 0 Å². The van der Waals surface area contributed by atoms with Crippen LogP contribution in [0.2, 0.25) is 0 Å². The molecule has 3 nitrogen and oxygen atoms in total. The van der Waals surface area contributed by atoms with Crippen molar-refractivity contribution in [3.05, 3.63) is 0 Å². The van der Waals surface area contributed by atoms with Gasteiger partial charge in [0.05, 0.1) is 0 Å². The zero-order chi connectivity index (χ0) is 11.2. The SMILES string of the molecule is CC1CNCCCN(CC2CCOCC2)C1. The van der Waals surface area contributed by atoms with E-state index in [1.807, 2.05) is 0 Å². The van der Waals surface area contributed by atoms with Gasteiger partial charge in [-0.05, 0) is 50.7 Å². The summed E-state index contributed by atoms with van der Waals surface area (Å²) >= 11 is 0. The highest BCUT2D eigenvalue weighted by atomic mass is 16.5. The van der Waals surface area contributed by atoms with E-state index in [9.17, 15) is 0 Å². The van der Waals surface area contributed by atoms with E-state index < -0.39 is 0 Å². The predicted octanol–water partition coefficient (Wildman–Crippen LogP) is 1.34. The largest absolute Gasteiger partial charge is 0.381 e. The minimum Gasteiger partial charge on any atom is -0.381 e. The summed E-state index contributed by atoms with van der Waals surface area (Å²) in [4.78, 5) is 2.68. The molecule has 2 heterocycles. The smallest absolute Gasteiger partial charge is 0.0469 e. The second-order valence-electron chi connectivity index (χ2n) is 5.48. The summed E-state index contributed by atoms with van der Waals surface area (Å²) in [5, 5.41) is 3.51. The van der Waals surface area contributed by atoms with Gasteiger partial charge in [0, 0.05) is 26.3 Å². The fourth-order valence-electron chi connectivity index (χ4n) is 2.83. The van der Waals surface area contributed by atoms with E-state index in [4.69, 9.17) is 4.74 Å². The second kappa shape index (κ2) is 6.58. The number of hydrogen-bond donors (Lipinski definition) is 1. The third-order valence-corrected chi connectivity index (χ3v) is 3.75. The van der Waals surface area contributed by atoms with Crippen molar-refractivity contribution in [1.29, 1.82) is 0 Å². The Balaban J connectivity index is 1.76. The number of ether oxygens (including phenoxy) is 1. The molecule has 0 aliphatic carbocycles. The molecule has 1 atom stereocenters. The summed E-state index contributed by atoms with van der Waals surface area (Å²) in [5.74, 6) is 1.67. The molecule has 0 amide bonds. The van der Waals surface area contributed by atoms with Crippen LogP contribution in [-0.2, 0) is 4.74 Å². The zero-order valence-electron chi connectivity index (χ0n) is 10.6. The van der Waals surface area contributed by atoms with Gasteiger partial charge in [-0.3, -0.25) is 0 Å². The van der Waals surface area contributed by atoms with Gasteiger partial charge in [0.15, 0.2) is 0 Å². The van der Waals surface area contributed by atoms with Crippen molar-refractivity contribution in [2.24, 2.45) is 11.8 Å². The molecule has 0 radical (unpaired) electrons. The van der Waals surface area contributed by atoms with Gasteiger partial charge in [-0.25, -0.2) is 0 Å². The molecule has 2 aliphatic rings. The average Bonchev–Trinajstić information content (AvgIpc) is 2.27. The van der Waals surface area contributed by atoms with E-state index in [-0.39, 0.29) is 0 Å². The third-order valence-electron chi connectivity index (χ3n) is 3.75. The lowest BCUT2D eigenvalue weighted by molar-refractivity contribution is 0.0495. The molecule has 2 rings (SSSR count). The Morgan fingerprint density at radius 2 is 2.12 bits per heavy atom. The quantitative estimate of drug-likeness (QED) is 0.769. The number of hydrogen-bond acceptors (Lipinski definition) is 3. The van der Waals surface area contributed by atoms with Crippen molar-refractivity contribution in [3.63, 3.8) is 0 Å². The van der Waals surface area contributed by atoms with Crippen LogP contribution in [0.1, 0.15) is 26.2 Å². The van der Waals surface area contributed by atoms with Gasteiger partial charge in [-0.1, -0.05) is 6.92 Å². The van der Waals surface area contributed by atoms with Crippen molar-refractivity contribution in [1.82, 2.24) is 10.2 Å². The van der Waals surface area contributed by atoms with Crippen LogP contribution in [0.4, 0.5) is 0 Å². The molecule has 0 aromatic heterocycles. The second-order valence-corrected chi connectivity index (χ2v) is 5.48. The number of nitrogens with one attached hydrogen (secondary N) is 1. The summed E-state index contributed by atoms with van der Waals surface area (Å²) in [6.07, 6.45) is 3.84. The molecule has 16 heavy (non-hydrogen) atoms. The summed E-state index contributed by atoms with van der Waals surface area (Å²) in [6.45, 7) is 10.5. The number of nitrogens with zero attached hydrogens (tertiary/aromatic N) is 1. The Labute approximate surface area is 99.5 Å². The van der Waals surface area contributed by atoms with Crippen molar-refractivity contribution in [2.75, 3.05) is 45.9 Å². The minimum atomic E-state index is 0.792. The Morgan fingerprint density at radius 3 is 2.94 bits per heavy atom. The Hall–Kier alpha value is -0.120. The maximum atomic E-state index is 5.43. The van der Waals surface area contributed by atoms with Gasteiger partial charge in [-0.15, -0.1) is 0 Å². The first-order chi connectivity index (χ1) is 7.84. The molecule has 2 aliphatic heterocycles. The monoisotopic (exact) mass is 226 g/mol. The highest BCUT2D eigenvalue weighted by Crippen LogP contribution is 2.17. The molecular formula is C13H26N2O. The predicted molar refractivity (Wildman–Crippen MR) is 66.6 cm³/mol. The minimum absolute atomic E-state index is 0.792. The number of rotatable bonds is 2. The molecule has 1 unspecified atom stereocenters. The van der Waals surface area contributed by atoms with Gasteiger partial charge >= 0.3 is 0 Å². The van der Waals surface area contributed by atoms with Crippen LogP contribution in [0.5, 0.6) is 0 Å². The molecule has 0 spiro atoms. The van der Waals surface area contributed by atoms with Gasteiger partial charge in [0.25, 0.3) is 0 Å². The molecule has 0 aromatic rings. The highest BCUT2D eigenvalue weighted by molar-refractivity contribution is 4.73. The molecule has 0 bridgehead atoms. The van der Waals surface area contributed by atoms with Crippen LogP contribution < -0.4 is 5.32 Å². The van der Waals surface area contributed by atoms with Crippen molar-refractivity contribution >= 4 is 0 Å². The van der Waals surface area contributed by atoms with Gasteiger partial charge < -0.3 is 15.0 Å². The molecule has 3 heteroatoms. The third kappa shape index (κ3) is 4.04. The summed E-state index contributed by atoms with van der Waals surface area (Å²) in [6, 6.07) is 0. The van der Waals surface area contributed by atoms with Crippen LogP contribution >= 0.6 is 0 Å². The van der Waals surface area contributed by atoms with E-state index in [1.165, 1.54) is 52.0 Å². The van der Waals surface area contributed by atoms with Crippen LogP contribution in [-0.4, -0.2) is 50.8 Å². The van der Waals surface area contributed by atoms with E-state index >= 15 is 0 Å². The molecular weight excluding hydrogens is 200 g/mol. The van der Waals surface area contributed by atoms with Crippen molar-refractivity contribution in [3.8, 4) is 0 Å². The fourth-order valence-corrected chi connectivity index (χ4v) is 2.83. The lowest BCUT2D eigenvalue weighted by atomic mass is 9.98. The summed E-state index contributed by atoms with van der Waals surface area (Å²) in [5.41, 5.74) is 0. The first-order valence-electron chi connectivity index (χ1n) is 6.85. The first-order valence-corrected chi connectivity index (χ1v) is 6.85. The molecule has 2 saturated heterocycles. The van der Waals surface area contributed by atoms with Gasteiger partial charge in [-0.2, -0.15) is 0 Å². The Kier molecular flexibility index (Phi) is 5.07. The standard InChI is InChI=1S/C13H26N2O/c1-12-9-14-5-2-6-15(10-12)11-13-3-7-16-8-4-13/h12-14H,2-11H2,1H3. The molecule has 2 fully saturated rings. The topological polar surface area (TPSA) is 24.5 Å². The van der Waals surface area contributed by atoms with Crippen LogP contribution in [0.15, 0.2) is 0 Å². The maximum absolute atomic E-state index is 5.43. The highest BCUT2D eigenvalue weighted by Gasteiger charge is 2.19. The zero-order valence-corrected chi connectivity index (χ0v) is 10.6. The van der Waals surface area contributed by atoms with Crippen LogP contribution in [0.3, 0.4) is 0 Å². The van der Waals surface area contributed by atoms with Crippen molar-refractivity contribution < 1.29 is 4.74 Å². The Morgan fingerprint density at radius 1 is 1.31 bits per heavy atom. The van der Waals surface area contributed by atoms with Gasteiger partial charge in [0.2, 0.25) is 0 Å². The Bertz CT molecular complexity index is 192. The lowest BCUT2D eigenvalue weighted by Crippen LogP contribution is -2.41. The maximum Gasteiger partial charge on any atom is 0.0469 e. The normalized spacial score (nSPS) is 30.9. The van der Waals surface area contributed by atoms with E-state index in [0.717, 1.165) is 25.0 Å². The average molecular weight is 226 g/mol. The van der Waals surface area contributed by atoms with E-state index in [2.05, 4.69) is 17.1 Å². The molecule has 94 valence electrons. The molecule has 1 N–H and O–H groups in total. The fraction of sp³-hybridized carbons (Fsp3) is 1.00. The van der Waals surface area contributed by atoms with E-state index in [1.54, 1.807) is 0 Å². The summed E-state index contributed by atoms with van der Waals surface area (Å²) < 4.78 is 5.43. The molecule has 0 saturated carbocycles. The lowest BCUT2D eigenvalue weighted by Gasteiger charge is -2.33. The van der Waals surface area contributed by atoms with Crippen molar-refractivity contribution in [2.45, 2.75) is 26.2 Å².